The van der Waals surface area contributed by atoms with Crippen molar-refractivity contribution in [3.05, 3.63) is 0 Å². The number of aliphatic hydroxyl groups excluding tert-OH is 2. The van der Waals surface area contributed by atoms with E-state index < -0.39 is 12.1 Å². The molecule has 4 nitrogen and oxygen atoms in total. The highest BCUT2D eigenvalue weighted by molar-refractivity contribution is 5.73. The number of hydrogen-bond donors (Lipinski definition) is 2. The molecule has 0 rings (SSSR count). The Hall–Kier alpha value is -0.610. The maximum Gasteiger partial charge on any atom is 0.334 e. The van der Waals surface area contributed by atoms with Crippen molar-refractivity contribution < 1.29 is 19.7 Å². The van der Waals surface area contributed by atoms with Crippen molar-refractivity contribution in [2.75, 3.05) is 13.2 Å². The average molecular weight is 134 g/mol. The fraction of sp³-hybridized carbons (Fsp3) is 0.800. The standard InChI is InChI=1S/C5H10O4/c1-4(7)5(8)9-3-2-6/h4,6-7H,2-3H2,1H3/t4-/m1/s1. The van der Waals surface area contributed by atoms with E-state index in [9.17, 15) is 4.79 Å². The van der Waals surface area contributed by atoms with Crippen molar-refractivity contribution >= 4 is 5.97 Å². The molecule has 0 aliphatic rings. The lowest BCUT2D eigenvalue weighted by molar-refractivity contribution is -0.153. The van der Waals surface area contributed by atoms with Crippen LogP contribution in [0, 0.1) is 0 Å². The highest BCUT2D eigenvalue weighted by Gasteiger charge is 2.08. The Kier molecular flexibility index (Phi) is 4.00. The molecule has 9 heavy (non-hydrogen) atoms. The Morgan fingerprint density at radius 2 is 2.33 bits per heavy atom. The monoisotopic (exact) mass is 134 g/mol. The molecule has 0 aliphatic carbocycles. The molecular weight excluding hydrogens is 124 g/mol. The van der Waals surface area contributed by atoms with Crippen molar-refractivity contribution in [1.82, 2.24) is 0 Å². The van der Waals surface area contributed by atoms with Crippen molar-refractivity contribution in [2.24, 2.45) is 0 Å². The smallest absolute Gasteiger partial charge is 0.334 e. The van der Waals surface area contributed by atoms with Crippen LogP contribution in [0.2, 0.25) is 0 Å². The first-order chi connectivity index (χ1) is 4.18. The van der Waals surface area contributed by atoms with E-state index >= 15 is 0 Å². The number of carbonyl (C=O) groups is 1. The number of ether oxygens (including phenoxy) is 1. The predicted molar refractivity (Wildman–Crippen MR) is 29.7 cm³/mol. The third-order valence-corrected chi connectivity index (χ3v) is 0.677. The Morgan fingerprint density at radius 1 is 1.78 bits per heavy atom. The lowest BCUT2D eigenvalue weighted by atomic mass is 10.4. The minimum absolute atomic E-state index is 0.0519. The van der Waals surface area contributed by atoms with Gasteiger partial charge in [0.25, 0.3) is 0 Å². The Balaban J connectivity index is 3.28. The molecule has 0 spiro atoms. The quantitative estimate of drug-likeness (QED) is 0.481. The Morgan fingerprint density at radius 3 is 2.67 bits per heavy atom. The van der Waals surface area contributed by atoms with Crippen LogP contribution in [0.5, 0.6) is 0 Å². The van der Waals surface area contributed by atoms with Crippen LogP contribution in [0.3, 0.4) is 0 Å². The molecule has 0 radical (unpaired) electrons. The van der Waals surface area contributed by atoms with Gasteiger partial charge in [0.2, 0.25) is 0 Å². The van der Waals surface area contributed by atoms with E-state index in [0.29, 0.717) is 0 Å². The summed E-state index contributed by atoms with van der Waals surface area (Å²) in [6.07, 6.45) is -1.10. The van der Waals surface area contributed by atoms with Crippen LogP contribution >= 0.6 is 0 Å². The second-order valence-corrected chi connectivity index (χ2v) is 1.57. The second kappa shape index (κ2) is 4.29. The summed E-state index contributed by atoms with van der Waals surface area (Å²) in [5.74, 6) is -0.705. The summed E-state index contributed by atoms with van der Waals surface area (Å²) in [4.78, 5) is 10.3. The fourth-order valence-corrected chi connectivity index (χ4v) is 0.267. The molecular formula is C5H10O4. The molecule has 0 fully saturated rings. The lowest BCUT2D eigenvalue weighted by Gasteiger charge is -2.02. The molecule has 4 heteroatoms. The van der Waals surface area contributed by atoms with Crippen molar-refractivity contribution in [2.45, 2.75) is 13.0 Å². The molecule has 0 aliphatic heterocycles. The first-order valence-corrected chi connectivity index (χ1v) is 2.64. The summed E-state index contributed by atoms with van der Waals surface area (Å²) in [7, 11) is 0. The number of carbonyl (C=O) groups excluding carboxylic acids is 1. The third-order valence-electron chi connectivity index (χ3n) is 0.677. The molecule has 0 bridgehead atoms. The topological polar surface area (TPSA) is 66.8 Å². The first kappa shape index (κ1) is 8.39. The SMILES string of the molecule is C[C@@H](O)C(=O)OCCO. The third kappa shape index (κ3) is 3.93. The molecule has 0 unspecified atom stereocenters. The fourth-order valence-electron chi connectivity index (χ4n) is 0.267. The molecule has 0 amide bonds. The predicted octanol–water partition coefficient (Wildman–Crippen LogP) is -1.10. The van der Waals surface area contributed by atoms with E-state index in [4.69, 9.17) is 10.2 Å². The van der Waals surface area contributed by atoms with Crippen molar-refractivity contribution in [3.8, 4) is 0 Å². The van der Waals surface area contributed by atoms with Crippen LogP contribution in [0.4, 0.5) is 0 Å². The zero-order valence-electron chi connectivity index (χ0n) is 5.20. The van der Waals surface area contributed by atoms with Crippen LogP contribution in [0.15, 0.2) is 0 Å². The van der Waals surface area contributed by atoms with E-state index in [-0.39, 0.29) is 13.2 Å². The molecule has 0 aromatic heterocycles. The molecule has 1 atom stereocenters. The van der Waals surface area contributed by atoms with Crippen molar-refractivity contribution in [1.29, 1.82) is 0 Å². The minimum atomic E-state index is -1.10. The van der Waals surface area contributed by atoms with Gasteiger partial charge in [0.1, 0.15) is 12.7 Å². The van der Waals surface area contributed by atoms with Crippen LogP contribution in [0.25, 0.3) is 0 Å². The molecule has 54 valence electrons. The van der Waals surface area contributed by atoms with E-state index in [2.05, 4.69) is 4.74 Å². The summed E-state index contributed by atoms with van der Waals surface area (Å²) in [5.41, 5.74) is 0. The van der Waals surface area contributed by atoms with Gasteiger partial charge in [0.05, 0.1) is 6.61 Å². The molecule has 0 heterocycles. The summed E-state index contributed by atoms with van der Waals surface area (Å²) in [6.45, 7) is 1.04. The van der Waals surface area contributed by atoms with E-state index in [1.165, 1.54) is 6.92 Å². The van der Waals surface area contributed by atoms with Crippen LogP contribution in [-0.4, -0.2) is 35.5 Å². The summed E-state index contributed by atoms with van der Waals surface area (Å²) in [5, 5.41) is 16.6. The van der Waals surface area contributed by atoms with Gasteiger partial charge in [-0.25, -0.2) is 4.79 Å². The number of rotatable bonds is 3. The van der Waals surface area contributed by atoms with Gasteiger partial charge in [-0.1, -0.05) is 0 Å². The van der Waals surface area contributed by atoms with Gasteiger partial charge < -0.3 is 14.9 Å². The molecule has 0 saturated heterocycles. The zero-order valence-corrected chi connectivity index (χ0v) is 5.20. The lowest BCUT2D eigenvalue weighted by Crippen LogP contribution is -2.20. The van der Waals surface area contributed by atoms with E-state index in [1.54, 1.807) is 0 Å². The first-order valence-electron chi connectivity index (χ1n) is 2.64. The van der Waals surface area contributed by atoms with Gasteiger partial charge in [-0.05, 0) is 6.92 Å². The molecule has 2 N–H and O–H groups in total. The number of esters is 1. The highest BCUT2D eigenvalue weighted by atomic mass is 16.6. The minimum Gasteiger partial charge on any atom is -0.461 e. The van der Waals surface area contributed by atoms with E-state index in [0.717, 1.165) is 0 Å². The average Bonchev–Trinajstić information content (AvgIpc) is 1.82. The number of hydrogen-bond acceptors (Lipinski definition) is 4. The van der Waals surface area contributed by atoms with Crippen LogP contribution < -0.4 is 0 Å². The normalized spacial score (nSPS) is 12.8. The second-order valence-electron chi connectivity index (χ2n) is 1.57. The largest absolute Gasteiger partial charge is 0.461 e. The van der Waals surface area contributed by atoms with Crippen molar-refractivity contribution in [3.63, 3.8) is 0 Å². The summed E-state index contributed by atoms with van der Waals surface area (Å²) >= 11 is 0. The summed E-state index contributed by atoms with van der Waals surface area (Å²) < 4.78 is 4.31. The van der Waals surface area contributed by atoms with Gasteiger partial charge in [-0.3, -0.25) is 0 Å². The maximum atomic E-state index is 10.3. The zero-order chi connectivity index (χ0) is 7.28. The Labute approximate surface area is 53.1 Å². The van der Waals surface area contributed by atoms with Crippen LogP contribution in [-0.2, 0) is 9.53 Å². The van der Waals surface area contributed by atoms with Gasteiger partial charge in [-0.15, -0.1) is 0 Å². The number of aliphatic hydroxyl groups is 2. The molecule has 0 saturated carbocycles. The summed E-state index contributed by atoms with van der Waals surface area (Å²) in [6, 6.07) is 0. The molecule has 0 aromatic rings. The molecule has 0 aromatic carbocycles. The maximum absolute atomic E-state index is 10.3. The van der Waals surface area contributed by atoms with Crippen LogP contribution in [0.1, 0.15) is 6.92 Å². The Bertz CT molecular complexity index is 89.0. The van der Waals surface area contributed by atoms with Gasteiger partial charge in [-0.2, -0.15) is 0 Å². The van der Waals surface area contributed by atoms with Gasteiger partial charge in [0, 0.05) is 0 Å². The van der Waals surface area contributed by atoms with Gasteiger partial charge >= 0.3 is 5.97 Å². The van der Waals surface area contributed by atoms with E-state index in [1.807, 2.05) is 0 Å². The highest BCUT2D eigenvalue weighted by Crippen LogP contribution is 1.84. The van der Waals surface area contributed by atoms with Gasteiger partial charge in [0.15, 0.2) is 0 Å².